The standard InChI is InChI=1S/C24H28O3/c1-3-26-22-16-10-20(11-17-22)7-6-19-8-12-21(13-9-19)24(25)27-23-14-4-18(2)5-15-23/h4-9,12-15,20,22H,3,10-11,16-17H2,1-2H3/b7-6+. The lowest BCUT2D eigenvalue weighted by Gasteiger charge is -2.26. The summed E-state index contributed by atoms with van der Waals surface area (Å²) in [5.41, 5.74) is 2.80. The van der Waals surface area contributed by atoms with Gasteiger partial charge in [0.25, 0.3) is 0 Å². The maximum Gasteiger partial charge on any atom is 0.343 e. The molecular formula is C24H28O3. The average molecular weight is 364 g/mol. The van der Waals surface area contributed by atoms with E-state index in [4.69, 9.17) is 9.47 Å². The largest absolute Gasteiger partial charge is 0.423 e. The highest BCUT2D eigenvalue weighted by Crippen LogP contribution is 2.27. The highest BCUT2D eigenvalue weighted by molar-refractivity contribution is 5.91. The first-order chi connectivity index (χ1) is 13.1. The second kappa shape index (κ2) is 9.52. The summed E-state index contributed by atoms with van der Waals surface area (Å²) in [6.45, 7) is 4.87. The van der Waals surface area contributed by atoms with Gasteiger partial charge in [-0.15, -0.1) is 0 Å². The molecule has 1 fully saturated rings. The molecule has 0 aliphatic heterocycles. The molecule has 2 aromatic carbocycles. The number of carbonyl (C=O) groups is 1. The van der Waals surface area contributed by atoms with Crippen LogP contribution in [0, 0.1) is 12.8 Å². The van der Waals surface area contributed by atoms with E-state index in [-0.39, 0.29) is 5.97 Å². The molecule has 3 heteroatoms. The SMILES string of the molecule is CCOC1CCC(/C=C/c2ccc(C(=O)Oc3ccc(C)cc3)cc2)CC1. The maximum absolute atomic E-state index is 12.2. The van der Waals surface area contributed by atoms with Crippen LogP contribution < -0.4 is 4.74 Å². The molecule has 0 unspecified atom stereocenters. The highest BCUT2D eigenvalue weighted by Gasteiger charge is 2.19. The van der Waals surface area contributed by atoms with E-state index < -0.39 is 0 Å². The molecule has 3 nitrogen and oxygen atoms in total. The van der Waals surface area contributed by atoms with Gasteiger partial charge in [-0.1, -0.05) is 42.0 Å². The van der Waals surface area contributed by atoms with Crippen LogP contribution >= 0.6 is 0 Å². The second-order valence-corrected chi connectivity index (χ2v) is 7.18. The van der Waals surface area contributed by atoms with Crippen molar-refractivity contribution in [2.24, 2.45) is 5.92 Å². The molecular weight excluding hydrogens is 336 g/mol. The molecule has 0 heterocycles. The van der Waals surface area contributed by atoms with Crippen LogP contribution in [0.3, 0.4) is 0 Å². The summed E-state index contributed by atoms with van der Waals surface area (Å²) in [4.78, 5) is 12.2. The van der Waals surface area contributed by atoms with E-state index in [0.717, 1.165) is 30.6 Å². The van der Waals surface area contributed by atoms with Crippen molar-refractivity contribution in [1.29, 1.82) is 0 Å². The average Bonchev–Trinajstić information content (AvgIpc) is 2.70. The summed E-state index contributed by atoms with van der Waals surface area (Å²) in [6, 6.07) is 15.1. The molecule has 142 valence electrons. The van der Waals surface area contributed by atoms with Gasteiger partial charge in [0, 0.05) is 6.61 Å². The minimum Gasteiger partial charge on any atom is -0.423 e. The maximum atomic E-state index is 12.2. The van der Waals surface area contributed by atoms with Crippen LogP contribution in [0.25, 0.3) is 6.08 Å². The third-order valence-electron chi connectivity index (χ3n) is 5.06. The molecule has 0 saturated heterocycles. The molecule has 3 rings (SSSR count). The van der Waals surface area contributed by atoms with Crippen LogP contribution in [-0.4, -0.2) is 18.7 Å². The van der Waals surface area contributed by atoms with Crippen molar-refractivity contribution in [3.05, 3.63) is 71.3 Å². The van der Waals surface area contributed by atoms with Gasteiger partial charge in [0.15, 0.2) is 0 Å². The lowest BCUT2D eigenvalue weighted by molar-refractivity contribution is 0.0303. The fraction of sp³-hybridized carbons (Fsp3) is 0.375. The Morgan fingerprint density at radius 1 is 1.00 bits per heavy atom. The van der Waals surface area contributed by atoms with Crippen LogP contribution in [-0.2, 0) is 4.74 Å². The molecule has 0 N–H and O–H groups in total. The Morgan fingerprint density at radius 3 is 2.30 bits per heavy atom. The van der Waals surface area contributed by atoms with Gasteiger partial charge in [-0.2, -0.15) is 0 Å². The Kier molecular flexibility index (Phi) is 6.83. The van der Waals surface area contributed by atoms with Crippen molar-refractivity contribution in [2.75, 3.05) is 6.61 Å². The van der Waals surface area contributed by atoms with E-state index in [9.17, 15) is 4.79 Å². The zero-order valence-corrected chi connectivity index (χ0v) is 16.2. The fourth-order valence-electron chi connectivity index (χ4n) is 3.43. The number of ether oxygens (including phenoxy) is 2. The summed E-state index contributed by atoms with van der Waals surface area (Å²) in [7, 11) is 0. The molecule has 27 heavy (non-hydrogen) atoms. The van der Waals surface area contributed by atoms with Crippen molar-refractivity contribution in [3.63, 3.8) is 0 Å². The van der Waals surface area contributed by atoms with Crippen LogP contribution in [0.1, 0.15) is 54.1 Å². The van der Waals surface area contributed by atoms with Crippen LogP contribution in [0.5, 0.6) is 5.75 Å². The van der Waals surface area contributed by atoms with Gasteiger partial charge in [-0.05, 0) is 75.3 Å². The normalized spacial score (nSPS) is 19.9. The molecule has 0 atom stereocenters. The molecule has 0 amide bonds. The van der Waals surface area contributed by atoms with Crippen molar-refractivity contribution < 1.29 is 14.3 Å². The number of hydrogen-bond donors (Lipinski definition) is 0. The van der Waals surface area contributed by atoms with Gasteiger partial charge in [0.1, 0.15) is 5.75 Å². The Labute approximate surface area is 162 Å². The minimum absolute atomic E-state index is 0.330. The van der Waals surface area contributed by atoms with Gasteiger partial charge in [-0.3, -0.25) is 0 Å². The number of rotatable bonds is 6. The van der Waals surface area contributed by atoms with Gasteiger partial charge >= 0.3 is 5.97 Å². The quantitative estimate of drug-likeness (QED) is 0.478. The number of hydrogen-bond acceptors (Lipinski definition) is 3. The zero-order chi connectivity index (χ0) is 19.1. The fourth-order valence-corrected chi connectivity index (χ4v) is 3.43. The van der Waals surface area contributed by atoms with Crippen molar-refractivity contribution in [2.45, 2.75) is 45.6 Å². The van der Waals surface area contributed by atoms with Gasteiger partial charge in [-0.25, -0.2) is 4.79 Å². The number of allylic oxidation sites excluding steroid dienone is 1. The third-order valence-corrected chi connectivity index (χ3v) is 5.06. The monoisotopic (exact) mass is 364 g/mol. The van der Waals surface area contributed by atoms with Crippen molar-refractivity contribution in [1.82, 2.24) is 0 Å². The molecule has 0 spiro atoms. The van der Waals surface area contributed by atoms with Crippen LogP contribution in [0.15, 0.2) is 54.6 Å². The molecule has 1 saturated carbocycles. The predicted octanol–water partition coefficient (Wildman–Crippen LogP) is 5.82. The van der Waals surface area contributed by atoms with E-state index in [1.54, 1.807) is 0 Å². The van der Waals surface area contributed by atoms with Crippen LogP contribution in [0.2, 0.25) is 0 Å². The number of aryl methyl sites for hydroxylation is 1. The summed E-state index contributed by atoms with van der Waals surface area (Å²) < 4.78 is 11.1. The number of benzene rings is 2. The van der Waals surface area contributed by atoms with Gasteiger partial charge in [0.2, 0.25) is 0 Å². The lowest BCUT2D eigenvalue weighted by Crippen LogP contribution is -2.20. The third kappa shape index (κ3) is 5.80. The molecule has 0 radical (unpaired) electrons. The minimum atomic E-state index is -0.330. The molecule has 2 aromatic rings. The predicted molar refractivity (Wildman–Crippen MR) is 109 cm³/mol. The first-order valence-electron chi connectivity index (χ1n) is 9.82. The summed E-state index contributed by atoms with van der Waals surface area (Å²) in [5, 5.41) is 0. The number of esters is 1. The van der Waals surface area contributed by atoms with E-state index in [0.29, 0.717) is 23.3 Å². The molecule has 1 aliphatic rings. The molecule has 1 aliphatic carbocycles. The van der Waals surface area contributed by atoms with E-state index in [2.05, 4.69) is 19.1 Å². The first kappa shape index (κ1) is 19.4. The second-order valence-electron chi connectivity index (χ2n) is 7.18. The molecule has 0 bridgehead atoms. The zero-order valence-electron chi connectivity index (χ0n) is 16.2. The van der Waals surface area contributed by atoms with Gasteiger partial charge < -0.3 is 9.47 Å². The Balaban J connectivity index is 1.52. The Hall–Kier alpha value is -2.39. The Morgan fingerprint density at radius 2 is 1.67 bits per heavy atom. The summed E-state index contributed by atoms with van der Waals surface area (Å²) in [6.07, 6.45) is 9.55. The number of carbonyl (C=O) groups excluding carboxylic acids is 1. The van der Waals surface area contributed by atoms with E-state index in [1.165, 1.54) is 12.8 Å². The first-order valence-corrected chi connectivity index (χ1v) is 9.82. The van der Waals surface area contributed by atoms with E-state index in [1.807, 2.05) is 55.5 Å². The summed E-state index contributed by atoms with van der Waals surface area (Å²) in [5.74, 6) is 0.855. The van der Waals surface area contributed by atoms with E-state index >= 15 is 0 Å². The Bertz CT molecular complexity index is 751. The van der Waals surface area contributed by atoms with Gasteiger partial charge in [0.05, 0.1) is 11.7 Å². The molecule has 0 aromatic heterocycles. The smallest absolute Gasteiger partial charge is 0.343 e. The van der Waals surface area contributed by atoms with Crippen molar-refractivity contribution in [3.8, 4) is 5.75 Å². The highest BCUT2D eigenvalue weighted by atomic mass is 16.5. The van der Waals surface area contributed by atoms with Crippen molar-refractivity contribution >= 4 is 12.0 Å². The topological polar surface area (TPSA) is 35.5 Å². The van der Waals surface area contributed by atoms with Crippen LogP contribution in [0.4, 0.5) is 0 Å². The summed E-state index contributed by atoms with van der Waals surface area (Å²) >= 11 is 0. The lowest BCUT2D eigenvalue weighted by atomic mass is 9.87.